The Morgan fingerprint density at radius 3 is 2.24 bits per heavy atom. The minimum absolute atomic E-state index is 0.150. The first-order valence-electron chi connectivity index (χ1n) is 12.4. The number of ketones is 3. The zero-order valence-electron chi connectivity index (χ0n) is 20.1. The van der Waals surface area contributed by atoms with Gasteiger partial charge in [-0.25, -0.2) is 0 Å². The Hall–Kier alpha value is -4.51. The van der Waals surface area contributed by atoms with Crippen molar-refractivity contribution in [3.8, 4) is 0 Å². The van der Waals surface area contributed by atoms with Gasteiger partial charge in [0.25, 0.3) is 0 Å². The van der Waals surface area contributed by atoms with Crippen molar-refractivity contribution in [2.75, 3.05) is 4.90 Å². The molecule has 7 rings (SSSR count). The fourth-order valence-corrected chi connectivity index (χ4v) is 6.62. The molecule has 37 heavy (non-hydrogen) atoms. The van der Waals surface area contributed by atoms with E-state index in [1.54, 1.807) is 48.5 Å². The number of Topliss-reactive ketones (excluding diaryl/α,β-unsaturated/α-hetero) is 3. The Morgan fingerprint density at radius 1 is 0.865 bits per heavy atom. The highest BCUT2D eigenvalue weighted by Gasteiger charge is 2.72. The van der Waals surface area contributed by atoms with Gasteiger partial charge < -0.3 is 9.32 Å². The van der Waals surface area contributed by atoms with Crippen molar-refractivity contribution in [2.45, 2.75) is 24.9 Å². The van der Waals surface area contributed by atoms with Gasteiger partial charge in [0.1, 0.15) is 17.2 Å². The largest absolute Gasteiger partial charge is 0.469 e. The van der Waals surface area contributed by atoms with Gasteiger partial charge in [-0.05, 0) is 36.2 Å². The summed E-state index contributed by atoms with van der Waals surface area (Å²) in [5, 5.41) is 0. The van der Waals surface area contributed by atoms with Crippen molar-refractivity contribution in [2.24, 2.45) is 5.41 Å². The van der Waals surface area contributed by atoms with Crippen LogP contribution >= 0.6 is 0 Å². The van der Waals surface area contributed by atoms with E-state index in [4.69, 9.17) is 4.42 Å². The van der Waals surface area contributed by atoms with Gasteiger partial charge in [0, 0.05) is 22.4 Å². The molecular weight excluding hydrogens is 462 g/mol. The molecule has 0 radical (unpaired) electrons. The SMILES string of the molecule is Cc1ccc2c(c1)N1[C@@H](C=C2)C2(C(=O)c3ccccc3C2=O)[C@@H](c2ccco2)[C@@H]1C(=O)c1ccccc1. The molecule has 0 amide bonds. The van der Waals surface area contributed by atoms with Crippen LogP contribution < -0.4 is 4.90 Å². The summed E-state index contributed by atoms with van der Waals surface area (Å²) in [5.74, 6) is -1.02. The molecule has 180 valence electrons. The number of nitrogens with zero attached hydrogens (tertiary/aromatic N) is 1. The lowest BCUT2D eigenvalue weighted by atomic mass is 9.65. The lowest BCUT2D eigenvalue weighted by Crippen LogP contribution is -2.48. The molecule has 2 aliphatic heterocycles. The summed E-state index contributed by atoms with van der Waals surface area (Å²) >= 11 is 0. The molecule has 4 aromatic rings. The second-order valence-corrected chi connectivity index (χ2v) is 10.0. The summed E-state index contributed by atoms with van der Waals surface area (Å²) < 4.78 is 5.93. The van der Waals surface area contributed by atoms with E-state index in [0.29, 0.717) is 22.5 Å². The summed E-state index contributed by atoms with van der Waals surface area (Å²) in [6.45, 7) is 2.00. The Balaban J connectivity index is 1.55. The van der Waals surface area contributed by atoms with Crippen LogP contribution in [0.25, 0.3) is 6.08 Å². The maximum atomic E-state index is 14.4. The number of fused-ring (bicyclic) bond motifs is 5. The van der Waals surface area contributed by atoms with E-state index in [-0.39, 0.29) is 17.3 Å². The van der Waals surface area contributed by atoms with Crippen LogP contribution in [-0.4, -0.2) is 29.4 Å². The predicted octanol–water partition coefficient (Wildman–Crippen LogP) is 5.90. The third kappa shape index (κ3) is 2.77. The summed E-state index contributed by atoms with van der Waals surface area (Å²) in [5.41, 5.74) is 2.61. The fraction of sp³-hybridized carbons (Fsp3) is 0.156. The van der Waals surface area contributed by atoms with Gasteiger partial charge in [0.2, 0.25) is 0 Å². The number of aryl methyl sites for hydroxylation is 1. The van der Waals surface area contributed by atoms with E-state index < -0.39 is 23.4 Å². The first kappa shape index (κ1) is 21.7. The highest BCUT2D eigenvalue weighted by molar-refractivity contribution is 6.32. The van der Waals surface area contributed by atoms with Crippen LogP contribution in [0.3, 0.4) is 0 Å². The van der Waals surface area contributed by atoms with Crippen molar-refractivity contribution in [1.29, 1.82) is 0 Å². The molecule has 1 fully saturated rings. The van der Waals surface area contributed by atoms with Crippen molar-refractivity contribution in [3.63, 3.8) is 0 Å². The zero-order valence-corrected chi connectivity index (χ0v) is 20.1. The Labute approximate surface area is 214 Å². The van der Waals surface area contributed by atoms with Gasteiger partial charge in [-0.15, -0.1) is 0 Å². The summed E-state index contributed by atoms with van der Waals surface area (Å²) in [7, 11) is 0. The summed E-state index contributed by atoms with van der Waals surface area (Å²) in [6.07, 6.45) is 5.43. The minimum atomic E-state index is -1.53. The number of carbonyl (C=O) groups excluding carboxylic acids is 3. The number of furan rings is 1. The monoisotopic (exact) mass is 485 g/mol. The molecule has 0 bridgehead atoms. The van der Waals surface area contributed by atoms with Crippen molar-refractivity contribution in [3.05, 3.63) is 131 Å². The first-order chi connectivity index (χ1) is 18.0. The van der Waals surface area contributed by atoms with E-state index >= 15 is 0 Å². The normalized spacial score (nSPS) is 22.7. The molecule has 5 heteroatoms. The van der Waals surface area contributed by atoms with Crippen molar-refractivity contribution < 1.29 is 18.8 Å². The maximum Gasteiger partial charge on any atom is 0.186 e. The molecule has 3 heterocycles. The van der Waals surface area contributed by atoms with Gasteiger partial charge in [-0.1, -0.05) is 78.9 Å². The van der Waals surface area contributed by atoms with Crippen LogP contribution in [-0.2, 0) is 0 Å². The average Bonchev–Trinajstić information content (AvgIpc) is 3.62. The molecule has 1 spiro atoms. The first-order valence-corrected chi connectivity index (χ1v) is 12.4. The molecule has 3 atom stereocenters. The number of anilines is 1. The predicted molar refractivity (Wildman–Crippen MR) is 140 cm³/mol. The Bertz CT molecular complexity index is 1580. The number of hydrogen-bond donors (Lipinski definition) is 0. The van der Waals surface area contributed by atoms with E-state index in [0.717, 1.165) is 16.8 Å². The van der Waals surface area contributed by atoms with Crippen LogP contribution in [0.5, 0.6) is 0 Å². The van der Waals surface area contributed by atoms with E-state index in [9.17, 15) is 14.4 Å². The quantitative estimate of drug-likeness (QED) is 0.267. The van der Waals surface area contributed by atoms with Crippen LogP contribution in [0.2, 0.25) is 0 Å². The van der Waals surface area contributed by atoms with Crippen molar-refractivity contribution in [1.82, 2.24) is 0 Å². The van der Waals surface area contributed by atoms with Crippen LogP contribution in [0.1, 0.15) is 53.9 Å². The lowest BCUT2D eigenvalue weighted by molar-refractivity contribution is 0.0652. The van der Waals surface area contributed by atoms with Crippen LogP contribution in [0.15, 0.2) is 102 Å². The van der Waals surface area contributed by atoms with Gasteiger partial charge in [0.15, 0.2) is 17.3 Å². The molecule has 5 nitrogen and oxygen atoms in total. The highest BCUT2D eigenvalue weighted by Crippen LogP contribution is 2.61. The van der Waals surface area contributed by atoms with Crippen molar-refractivity contribution >= 4 is 29.1 Å². The fourth-order valence-electron chi connectivity index (χ4n) is 6.62. The zero-order chi connectivity index (χ0) is 25.3. The third-order valence-corrected chi connectivity index (χ3v) is 8.14. The van der Waals surface area contributed by atoms with Gasteiger partial charge in [-0.3, -0.25) is 14.4 Å². The van der Waals surface area contributed by atoms with Gasteiger partial charge >= 0.3 is 0 Å². The number of carbonyl (C=O) groups is 3. The minimum Gasteiger partial charge on any atom is -0.469 e. The second-order valence-electron chi connectivity index (χ2n) is 10.0. The van der Waals surface area contributed by atoms with E-state index in [1.165, 1.54) is 6.26 Å². The molecular formula is C32H23NO4. The summed E-state index contributed by atoms with van der Waals surface area (Å²) in [6, 6.07) is 24.2. The maximum absolute atomic E-state index is 14.4. The van der Waals surface area contributed by atoms with Gasteiger partial charge in [-0.2, -0.15) is 0 Å². The molecule has 0 saturated carbocycles. The second kappa shape index (κ2) is 7.74. The number of hydrogen-bond acceptors (Lipinski definition) is 5. The smallest absolute Gasteiger partial charge is 0.186 e. The Kier molecular flexibility index (Phi) is 4.55. The molecule has 3 aromatic carbocycles. The molecule has 1 saturated heterocycles. The topological polar surface area (TPSA) is 67.6 Å². The number of rotatable bonds is 3. The summed E-state index contributed by atoms with van der Waals surface area (Å²) in [4.78, 5) is 45.3. The number of benzene rings is 3. The van der Waals surface area contributed by atoms with Crippen LogP contribution in [0.4, 0.5) is 5.69 Å². The molecule has 0 unspecified atom stereocenters. The Morgan fingerprint density at radius 2 is 1.57 bits per heavy atom. The standard InChI is InChI=1S/C32H23NO4/c1-19-13-14-20-15-16-26-32(30(35)22-10-5-6-11-23(22)31(32)36)27(25-12-7-17-37-25)28(33(26)24(20)18-19)29(34)21-8-3-2-4-9-21/h2-18,26-28H,1H3/t26-,27-,28+/m0/s1. The molecule has 1 aromatic heterocycles. The van der Waals surface area contributed by atoms with Crippen LogP contribution in [0, 0.1) is 12.3 Å². The van der Waals surface area contributed by atoms with E-state index in [2.05, 4.69) is 0 Å². The van der Waals surface area contributed by atoms with Gasteiger partial charge in [0.05, 0.1) is 18.2 Å². The molecule has 0 N–H and O–H groups in total. The average molecular weight is 486 g/mol. The lowest BCUT2D eigenvalue weighted by Gasteiger charge is -2.37. The van der Waals surface area contributed by atoms with E-state index in [1.807, 2.05) is 60.4 Å². The molecule has 1 aliphatic carbocycles. The highest BCUT2D eigenvalue weighted by atomic mass is 16.3. The molecule has 3 aliphatic rings. The third-order valence-electron chi connectivity index (χ3n) is 8.14.